The third-order valence-corrected chi connectivity index (χ3v) is 12.5. The molecule has 2 amide bonds. The molecule has 2 aliphatic carbocycles. The van der Waals surface area contributed by atoms with Crippen LogP contribution < -0.4 is 14.8 Å². The van der Waals surface area contributed by atoms with Gasteiger partial charge in [-0.25, -0.2) is 9.59 Å². The molecule has 15 nitrogen and oxygen atoms in total. The van der Waals surface area contributed by atoms with Gasteiger partial charge < -0.3 is 53.9 Å². The fraction of sp³-hybridized carbons (Fsp3) is 0.528. The van der Waals surface area contributed by atoms with Gasteiger partial charge in [0.2, 0.25) is 5.79 Å². The first-order valence-electron chi connectivity index (χ1n) is 24.0. The van der Waals surface area contributed by atoms with Crippen molar-refractivity contribution in [2.24, 2.45) is 22.9 Å². The second-order valence-electron chi connectivity index (χ2n) is 18.4. The average molecular weight is 942 g/mol. The number of hydrogen-bond donors (Lipinski definition) is 4. The Balaban J connectivity index is 1.47. The third kappa shape index (κ3) is 13.9. The molecule has 1 heterocycles. The Morgan fingerprint density at radius 1 is 0.882 bits per heavy atom. The Morgan fingerprint density at radius 3 is 2.29 bits per heavy atom. The van der Waals surface area contributed by atoms with Crippen molar-refractivity contribution >= 4 is 17.9 Å². The van der Waals surface area contributed by atoms with E-state index >= 15 is 0 Å². The zero-order chi connectivity index (χ0) is 48.4. The van der Waals surface area contributed by atoms with Crippen LogP contribution in [0.1, 0.15) is 88.3 Å². The van der Waals surface area contributed by atoms with E-state index in [1.54, 1.807) is 23.1 Å². The third-order valence-electron chi connectivity index (χ3n) is 12.5. The number of nitrogens with one attached hydrogen (secondary N) is 1. The Hall–Kier alpha value is -5.29. The predicted octanol–water partition coefficient (Wildman–Crippen LogP) is 8.07. The summed E-state index contributed by atoms with van der Waals surface area (Å²) in [6, 6.07) is 23.8. The minimum absolute atomic E-state index is 0.0153. The largest absolute Gasteiger partial charge is 0.459 e. The Labute approximate surface area is 401 Å². The van der Waals surface area contributed by atoms with E-state index in [9.17, 15) is 24.9 Å². The number of carbonyl (C=O) groups is 2. The van der Waals surface area contributed by atoms with Crippen molar-refractivity contribution in [3.05, 3.63) is 120 Å². The van der Waals surface area contributed by atoms with Gasteiger partial charge in [0.05, 0.1) is 51.3 Å². The molecular weight excluding hydrogens is 871 g/mol. The van der Waals surface area contributed by atoms with Crippen LogP contribution in [0.2, 0.25) is 0 Å². The van der Waals surface area contributed by atoms with E-state index in [-0.39, 0.29) is 90.1 Å². The summed E-state index contributed by atoms with van der Waals surface area (Å²) >= 11 is 0. The highest BCUT2D eigenvalue weighted by Crippen LogP contribution is 2.62. The van der Waals surface area contributed by atoms with Crippen molar-refractivity contribution in [2.75, 3.05) is 59.4 Å². The van der Waals surface area contributed by atoms with E-state index in [2.05, 4.69) is 18.0 Å². The number of aliphatic hydroxyl groups excluding tert-OH is 3. The average Bonchev–Trinajstić information content (AvgIpc) is 3.33. The predicted molar refractivity (Wildman–Crippen MR) is 257 cm³/mol. The smallest absolute Gasteiger partial charge is 0.412 e. The van der Waals surface area contributed by atoms with Crippen LogP contribution in [0.5, 0.6) is 11.5 Å². The second kappa shape index (κ2) is 25.9. The molecule has 3 aliphatic rings. The van der Waals surface area contributed by atoms with Crippen molar-refractivity contribution in [3.8, 4) is 11.5 Å². The minimum Gasteiger partial charge on any atom is -0.459 e. The number of benzene rings is 3. The maximum atomic E-state index is 14.7. The van der Waals surface area contributed by atoms with Crippen molar-refractivity contribution < 1.29 is 58.2 Å². The molecule has 1 aliphatic heterocycles. The van der Waals surface area contributed by atoms with Gasteiger partial charge in [-0.1, -0.05) is 90.8 Å². The van der Waals surface area contributed by atoms with E-state index in [0.717, 1.165) is 41.5 Å². The van der Waals surface area contributed by atoms with Gasteiger partial charge in [0.15, 0.2) is 0 Å². The van der Waals surface area contributed by atoms with Crippen LogP contribution in [-0.4, -0.2) is 115 Å². The van der Waals surface area contributed by atoms with Crippen molar-refractivity contribution in [3.63, 3.8) is 0 Å². The molecule has 0 bridgehead atoms. The summed E-state index contributed by atoms with van der Waals surface area (Å²) in [6.07, 6.45) is 6.97. The van der Waals surface area contributed by atoms with E-state index in [1.807, 2.05) is 87.5 Å². The van der Waals surface area contributed by atoms with Gasteiger partial charge in [0.25, 0.3) is 0 Å². The van der Waals surface area contributed by atoms with Crippen LogP contribution in [0, 0.1) is 17.8 Å². The lowest BCUT2D eigenvalue weighted by molar-refractivity contribution is -0.256. The summed E-state index contributed by atoms with van der Waals surface area (Å²) in [6.45, 7) is 10.6. The molecular formula is C53H71N3O12. The summed E-state index contributed by atoms with van der Waals surface area (Å²) < 4.78 is 38.0. The Kier molecular flexibility index (Phi) is 19.8. The van der Waals surface area contributed by atoms with Crippen LogP contribution in [0.3, 0.4) is 0 Å². The second-order valence-corrected chi connectivity index (χ2v) is 18.4. The maximum absolute atomic E-state index is 14.7. The summed E-state index contributed by atoms with van der Waals surface area (Å²) in [7, 11) is 0. The lowest BCUT2D eigenvalue weighted by Crippen LogP contribution is -2.70. The van der Waals surface area contributed by atoms with E-state index < -0.39 is 35.5 Å². The topological polar surface area (TPSA) is 187 Å². The molecule has 4 N–H and O–H groups in total. The number of ether oxygens (including phenoxy) is 6. The fourth-order valence-corrected chi connectivity index (χ4v) is 9.56. The molecule has 0 aromatic heterocycles. The molecule has 0 spiro atoms. The Morgan fingerprint density at radius 2 is 1.60 bits per heavy atom. The molecule has 0 unspecified atom stereocenters. The number of rotatable bonds is 26. The molecule has 0 saturated heterocycles. The summed E-state index contributed by atoms with van der Waals surface area (Å²) in [4.78, 5) is 35.8. The van der Waals surface area contributed by atoms with Crippen molar-refractivity contribution in [2.45, 2.75) is 102 Å². The molecule has 0 radical (unpaired) electrons. The molecule has 6 rings (SSSR count). The van der Waals surface area contributed by atoms with Gasteiger partial charge in [-0.05, 0) is 93.2 Å². The van der Waals surface area contributed by atoms with Crippen molar-refractivity contribution in [1.82, 2.24) is 10.2 Å². The molecule has 3 aromatic rings. The highest BCUT2D eigenvalue weighted by Gasteiger charge is 2.65. The lowest BCUT2D eigenvalue weighted by Gasteiger charge is -2.59. The van der Waals surface area contributed by atoms with Gasteiger partial charge in [-0.2, -0.15) is 0 Å². The number of fused-ring (bicyclic) bond motifs is 2. The molecule has 6 atom stereocenters. The van der Waals surface area contributed by atoms with E-state index in [4.69, 9.17) is 38.4 Å². The molecule has 3 aromatic carbocycles. The molecule has 15 heteroatoms. The summed E-state index contributed by atoms with van der Waals surface area (Å²) in [5.41, 5.74) is 3.50. The van der Waals surface area contributed by atoms with E-state index in [0.29, 0.717) is 43.1 Å². The first-order valence-corrected chi connectivity index (χ1v) is 24.0. The standard InChI is InChI=1S/C53H71N3O12/c1-5-28-65-53-47(56(24-29-62-30-27-59)51(61)64-32-31-63-37-39-18-10-7-11-19-39)35-45(55-68-52(2,3)4)43-33-40(20-12-14-25-57)42(21-13-15-26-58)48(49(43)53)44-34-41(22-23-46(44)67-53)66-50(60)54-36-38-16-8-6-9-17-38/h5-11,16-19,22-23,33-34,40,42,47-49,57-59H,1,12-15,20-21,24-32,35-37H2,2-4H3,(H,54,60)/t40-,42+,47-,48+,49+,53+/m0/s1. The van der Waals surface area contributed by atoms with Gasteiger partial charge in [0.1, 0.15) is 29.7 Å². The number of carbonyl (C=O) groups excluding carboxylic acids is 2. The SMILES string of the molecule is C=CCO[C@@]12Oc3ccc(OC(=O)NCc4ccccc4)cc3[C@H]3[C@H](CCCCO)[C@@H](CCCCO)C=C(C(=NOC(C)(C)C)C[C@@H]1N(CCOCCO)C(=O)OCCOCc1ccccc1)[C@H]32. The fourth-order valence-electron chi connectivity index (χ4n) is 9.56. The summed E-state index contributed by atoms with van der Waals surface area (Å²) in [5.74, 6) is -1.83. The number of allylic oxidation sites excluding steroid dienone is 1. The van der Waals surface area contributed by atoms with Gasteiger partial charge >= 0.3 is 12.2 Å². The molecule has 1 saturated carbocycles. The van der Waals surface area contributed by atoms with Crippen LogP contribution in [-0.2, 0) is 36.9 Å². The minimum atomic E-state index is -1.57. The molecule has 68 heavy (non-hydrogen) atoms. The number of unbranched alkanes of at least 4 members (excludes halogenated alkanes) is 2. The van der Waals surface area contributed by atoms with Crippen LogP contribution in [0.15, 0.2) is 108 Å². The monoisotopic (exact) mass is 942 g/mol. The maximum Gasteiger partial charge on any atom is 0.412 e. The lowest BCUT2D eigenvalue weighted by atomic mass is 9.55. The zero-order valence-electron chi connectivity index (χ0n) is 39.9. The first kappa shape index (κ1) is 52.1. The molecule has 370 valence electrons. The first-order chi connectivity index (χ1) is 33.0. The van der Waals surface area contributed by atoms with Crippen molar-refractivity contribution in [1.29, 1.82) is 0 Å². The van der Waals surface area contributed by atoms with Gasteiger partial charge in [-0.15, -0.1) is 6.58 Å². The van der Waals surface area contributed by atoms with Crippen LogP contribution in [0.25, 0.3) is 0 Å². The van der Waals surface area contributed by atoms with Crippen LogP contribution in [0.4, 0.5) is 9.59 Å². The number of amides is 2. The quantitative estimate of drug-likeness (QED) is 0.0345. The normalized spacial score (nSPS) is 22.2. The number of aliphatic hydroxyl groups is 3. The van der Waals surface area contributed by atoms with E-state index in [1.165, 1.54) is 0 Å². The van der Waals surface area contributed by atoms with Gasteiger partial charge in [0, 0.05) is 44.2 Å². The number of oxime groups is 1. The highest BCUT2D eigenvalue weighted by atomic mass is 16.7. The Bertz CT molecular complexity index is 2110. The number of hydrogen-bond acceptors (Lipinski definition) is 13. The van der Waals surface area contributed by atoms with Crippen LogP contribution >= 0.6 is 0 Å². The number of nitrogens with zero attached hydrogens (tertiary/aromatic N) is 2. The summed E-state index contributed by atoms with van der Waals surface area (Å²) in [5, 5.41) is 37.3. The highest BCUT2D eigenvalue weighted by molar-refractivity contribution is 6.03. The zero-order valence-corrected chi connectivity index (χ0v) is 39.9. The van der Waals surface area contributed by atoms with Gasteiger partial charge in [-0.3, -0.25) is 4.90 Å². The molecule has 1 fully saturated rings.